The molecule has 1 fully saturated rings. The molecular weight excluding hydrogens is 144 g/mol. The van der Waals surface area contributed by atoms with E-state index in [1.165, 1.54) is 0 Å². The van der Waals surface area contributed by atoms with E-state index in [0.717, 1.165) is 26.4 Å². The fourth-order valence-corrected chi connectivity index (χ4v) is 0.440. The van der Waals surface area contributed by atoms with Crippen molar-refractivity contribution < 1.29 is 26.5 Å². The van der Waals surface area contributed by atoms with Gasteiger partial charge < -0.3 is 9.47 Å². The molecule has 0 bridgehead atoms. The summed E-state index contributed by atoms with van der Waals surface area (Å²) in [6.07, 6.45) is 0. The summed E-state index contributed by atoms with van der Waals surface area (Å²) >= 11 is 0. The van der Waals surface area contributed by atoms with Gasteiger partial charge >= 0.3 is 0 Å². The molecule has 1 saturated heterocycles. The molecule has 1 aliphatic heterocycles. The van der Waals surface area contributed by atoms with E-state index in [9.17, 15) is 0 Å². The molecule has 1 rings (SSSR count). The normalized spacial score (nSPS) is 20.6. The van der Waals surface area contributed by atoms with Gasteiger partial charge in [0.15, 0.2) is 0 Å². The fourth-order valence-electron chi connectivity index (χ4n) is 0.440. The van der Waals surface area contributed by atoms with Gasteiger partial charge in [-0.25, -0.2) is 0 Å². The first kappa shape index (κ1) is 7.44. The Morgan fingerprint density at radius 2 is 1.00 bits per heavy atom. The molecule has 1 heterocycles. The second-order valence-electron chi connectivity index (χ2n) is 1.22. The monoisotopic (exact) mass is 151 g/mol. The van der Waals surface area contributed by atoms with Crippen LogP contribution in [0.1, 0.15) is 0 Å². The van der Waals surface area contributed by atoms with Crippen molar-refractivity contribution in [3.05, 3.63) is 0 Å². The average molecular weight is 152 g/mol. The summed E-state index contributed by atoms with van der Waals surface area (Å²) in [6.45, 7) is 3.11. The van der Waals surface area contributed by atoms with Gasteiger partial charge in [0.25, 0.3) is 0 Å². The van der Waals surface area contributed by atoms with Gasteiger partial charge in [0.2, 0.25) is 0 Å². The molecule has 3 heteroatoms. The summed E-state index contributed by atoms with van der Waals surface area (Å²) in [4.78, 5) is 0. The maximum Gasteiger partial charge on any atom is 0.0701 e. The van der Waals surface area contributed by atoms with E-state index < -0.39 is 0 Å². The van der Waals surface area contributed by atoms with Crippen molar-refractivity contribution in [2.24, 2.45) is 0 Å². The molecule has 0 spiro atoms. The van der Waals surface area contributed by atoms with Gasteiger partial charge in [-0.3, -0.25) is 0 Å². The van der Waals surface area contributed by atoms with Crippen LogP contribution in [-0.4, -0.2) is 26.4 Å². The van der Waals surface area contributed by atoms with Crippen molar-refractivity contribution in [3.8, 4) is 0 Å². The molecule has 0 amide bonds. The molecule has 0 aliphatic carbocycles. The smallest absolute Gasteiger partial charge is 0.0701 e. The molecule has 7 heavy (non-hydrogen) atoms. The first-order valence-electron chi connectivity index (χ1n) is 2.15. The van der Waals surface area contributed by atoms with Crippen LogP contribution in [0.5, 0.6) is 0 Å². The molecule has 47 valence electrons. The number of ether oxygens (including phenoxy) is 2. The Kier molecular flexibility index (Phi) is 4.88. The van der Waals surface area contributed by atoms with E-state index in [0.29, 0.717) is 0 Å². The van der Waals surface area contributed by atoms with Crippen LogP contribution in [-0.2, 0) is 26.5 Å². The standard InChI is InChI=1S/C4H8O2.Cu/c1-2-6-4-3-5-1;/h1-4H2;. The summed E-state index contributed by atoms with van der Waals surface area (Å²) in [6, 6.07) is 0. The molecule has 0 atom stereocenters. The van der Waals surface area contributed by atoms with E-state index in [1.54, 1.807) is 0 Å². The molecule has 1 radical (unpaired) electrons. The van der Waals surface area contributed by atoms with Crippen molar-refractivity contribution in [3.63, 3.8) is 0 Å². The number of rotatable bonds is 0. The molecule has 0 saturated carbocycles. The van der Waals surface area contributed by atoms with E-state index >= 15 is 0 Å². The maximum atomic E-state index is 4.94. The Morgan fingerprint density at radius 3 is 1.14 bits per heavy atom. The predicted octanol–water partition coefficient (Wildman–Crippen LogP) is 0.0307. The SMILES string of the molecule is C1COCCO1.[Cu]. The summed E-state index contributed by atoms with van der Waals surface area (Å²) in [5.41, 5.74) is 0. The Balaban J connectivity index is 0.000000360. The fraction of sp³-hybridized carbons (Fsp3) is 1.00. The average Bonchev–Trinajstić information content (AvgIpc) is 1.72. The molecule has 1 aliphatic rings. The minimum absolute atomic E-state index is 0. The van der Waals surface area contributed by atoms with E-state index in [4.69, 9.17) is 9.47 Å². The van der Waals surface area contributed by atoms with Crippen molar-refractivity contribution in [1.29, 1.82) is 0 Å². The van der Waals surface area contributed by atoms with Gasteiger partial charge in [-0.15, -0.1) is 0 Å². The van der Waals surface area contributed by atoms with Crippen LogP contribution in [0.25, 0.3) is 0 Å². The zero-order valence-corrected chi connectivity index (χ0v) is 4.89. The first-order chi connectivity index (χ1) is 3.00. The Labute approximate surface area is 53.7 Å². The third-order valence-electron chi connectivity index (χ3n) is 0.744. The van der Waals surface area contributed by atoms with Gasteiger partial charge in [0.1, 0.15) is 0 Å². The third kappa shape index (κ3) is 3.06. The van der Waals surface area contributed by atoms with Gasteiger partial charge in [0.05, 0.1) is 26.4 Å². The summed E-state index contributed by atoms with van der Waals surface area (Å²) in [5, 5.41) is 0. The zero-order valence-electron chi connectivity index (χ0n) is 3.95. The van der Waals surface area contributed by atoms with Crippen molar-refractivity contribution >= 4 is 0 Å². The Morgan fingerprint density at radius 1 is 0.714 bits per heavy atom. The second-order valence-corrected chi connectivity index (χ2v) is 1.22. The van der Waals surface area contributed by atoms with Gasteiger partial charge in [-0.1, -0.05) is 0 Å². The van der Waals surface area contributed by atoms with Gasteiger partial charge in [0, 0.05) is 17.1 Å². The quantitative estimate of drug-likeness (QED) is 0.455. The minimum atomic E-state index is 0. The Hall–Kier alpha value is 0.439. The summed E-state index contributed by atoms with van der Waals surface area (Å²) in [5.74, 6) is 0. The third-order valence-corrected chi connectivity index (χ3v) is 0.744. The van der Waals surface area contributed by atoms with Gasteiger partial charge in [-0.05, 0) is 0 Å². The van der Waals surface area contributed by atoms with E-state index in [1.807, 2.05) is 0 Å². The molecule has 0 N–H and O–H groups in total. The van der Waals surface area contributed by atoms with Crippen LogP contribution in [0.15, 0.2) is 0 Å². The summed E-state index contributed by atoms with van der Waals surface area (Å²) < 4.78 is 9.89. The predicted molar refractivity (Wildman–Crippen MR) is 21.6 cm³/mol. The van der Waals surface area contributed by atoms with Crippen LogP contribution < -0.4 is 0 Å². The number of hydrogen-bond acceptors (Lipinski definition) is 2. The van der Waals surface area contributed by atoms with E-state index in [2.05, 4.69) is 0 Å². The number of hydrogen-bond donors (Lipinski definition) is 0. The van der Waals surface area contributed by atoms with Crippen LogP contribution in [0.2, 0.25) is 0 Å². The van der Waals surface area contributed by atoms with Crippen molar-refractivity contribution in [2.75, 3.05) is 26.4 Å². The van der Waals surface area contributed by atoms with Crippen molar-refractivity contribution in [1.82, 2.24) is 0 Å². The largest absolute Gasteiger partial charge is 0.377 e. The second kappa shape index (κ2) is 4.59. The van der Waals surface area contributed by atoms with Crippen LogP contribution in [0.4, 0.5) is 0 Å². The molecule has 0 aromatic rings. The van der Waals surface area contributed by atoms with Crippen LogP contribution in [0.3, 0.4) is 0 Å². The topological polar surface area (TPSA) is 18.5 Å². The summed E-state index contributed by atoms with van der Waals surface area (Å²) in [7, 11) is 0. The molecule has 0 aromatic carbocycles. The van der Waals surface area contributed by atoms with E-state index in [-0.39, 0.29) is 17.1 Å². The maximum absolute atomic E-state index is 4.94. The minimum Gasteiger partial charge on any atom is -0.377 e. The zero-order chi connectivity index (χ0) is 4.24. The Bertz CT molecular complexity index is 25.2. The molecule has 0 unspecified atom stereocenters. The first-order valence-corrected chi connectivity index (χ1v) is 2.15. The van der Waals surface area contributed by atoms with Gasteiger partial charge in [-0.2, -0.15) is 0 Å². The molecule has 0 aromatic heterocycles. The van der Waals surface area contributed by atoms with Crippen molar-refractivity contribution in [2.45, 2.75) is 0 Å². The van der Waals surface area contributed by atoms with Crippen LogP contribution in [0, 0.1) is 0 Å². The van der Waals surface area contributed by atoms with Crippen LogP contribution >= 0.6 is 0 Å². The molecule has 2 nitrogen and oxygen atoms in total. The molecular formula is C4H8CuO2.